The Morgan fingerprint density at radius 1 is 0.550 bits per heavy atom. The van der Waals surface area contributed by atoms with Crippen LogP contribution in [0.25, 0.3) is 0 Å². The van der Waals surface area contributed by atoms with Crippen LogP contribution in [0.3, 0.4) is 0 Å². The van der Waals surface area contributed by atoms with E-state index in [0.717, 1.165) is 23.1 Å². The average Bonchev–Trinajstić information content (AvgIpc) is 2.83. The second kappa shape index (κ2) is 13.7. The molecule has 0 amide bonds. The first-order valence-corrected chi connectivity index (χ1v) is 14.8. The van der Waals surface area contributed by atoms with E-state index in [1.807, 2.05) is 42.5 Å². The summed E-state index contributed by atoms with van der Waals surface area (Å²) in [7, 11) is 0. The molecule has 0 radical (unpaired) electrons. The molecule has 3 rings (SSSR count). The number of benzene rings is 3. The molecule has 3 aromatic carbocycles. The van der Waals surface area contributed by atoms with E-state index >= 15 is 0 Å². The molecule has 0 spiro atoms. The fraction of sp³-hybridized carbons (Fsp3) is 0.526. The van der Waals surface area contributed by atoms with Crippen LogP contribution < -0.4 is 0 Å². The summed E-state index contributed by atoms with van der Waals surface area (Å²) in [6.07, 6.45) is 1.12. The molecule has 3 aromatic rings. The lowest BCUT2D eigenvalue weighted by molar-refractivity contribution is 0.422. The normalized spacial score (nSPS) is 12.9. The van der Waals surface area contributed by atoms with Crippen molar-refractivity contribution >= 4 is 0 Å². The van der Waals surface area contributed by atoms with Gasteiger partial charge in [-0.25, -0.2) is 0 Å². The summed E-state index contributed by atoms with van der Waals surface area (Å²) in [6.45, 7) is 30.4. The molecule has 1 atom stereocenters. The van der Waals surface area contributed by atoms with Crippen molar-refractivity contribution in [3.05, 3.63) is 94.5 Å². The second-order valence-electron chi connectivity index (χ2n) is 15.2. The zero-order valence-electron chi connectivity index (χ0n) is 28.0. The molecule has 2 nitrogen and oxygen atoms in total. The summed E-state index contributed by atoms with van der Waals surface area (Å²) < 4.78 is 0. The van der Waals surface area contributed by atoms with Gasteiger partial charge in [0.2, 0.25) is 0 Å². The van der Waals surface area contributed by atoms with Gasteiger partial charge >= 0.3 is 0 Å². The molecule has 0 aliphatic heterocycles. The van der Waals surface area contributed by atoms with Crippen LogP contribution in [0.1, 0.15) is 137 Å². The fourth-order valence-electron chi connectivity index (χ4n) is 4.31. The van der Waals surface area contributed by atoms with E-state index in [-0.39, 0.29) is 21.7 Å². The van der Waals surface area contributed by atoms with Crippen molar-refractivity contribution in [2.24, 2.45) is 0 Å². The number of hydrogen-bond donors (Lipinski definition) is 2. The number of phenols is 2. The molecule has 2 N–H and O–H groups in total. The van der Waals surface area contributed by atoms with Gasteiger partial charge in [-0.15, -0.1) is 0 Å². The third-order valence-electron chi connectivity index (χ3n) is 7.27. The highest BCUT2D eigenvalue weighted by atomic mass is 16.3. The largest absolute Gasteiger partial charge is 0.508 e. The standard InChI is InChI=1S/C18H30O.C14H22O.C6H6/c1-9-12(2)13-10-14(17(3,4)5)16(19)15(11-13)18(6,7)8;1-13(2,3)10-7-8-12(15)11(9-10)14(4,5)6;1-2-4-6-5-3-1/h10-12,19H,9H2,1-8H3;7-9,15H,1-6H3;1-6H. The number of rotatable bonds is 2. The molecule has 1 unspecified atom stereocenters. The van der Waals surface area contributed by atoms with Crippen molar-refractivity contribution in [3.8, 4) is 11.5 Å². The van der Waals surface area contributed by atoms with Gasteiger partial charge in [0.05, 0.1) is 0 Å². The van der Waals surface area contributed by atoms with Crippen LogP contribution in [-0.4, -0.2) is 10.2 Å². The molecule has 2 heteroatoms. The minimum Gasteiger partial charge on any atom is -0.508 e. The van der Waals surface area contributed by atoms with Gasteiger partial charge in [0.1, 0.15) is 11.5 Å². The van der Waals surface area contributed by atoms with Crippen molar-refractivity contribution in [1.29, 1.82) is 0 Å². The number of aromatic hydroxyl groups is 2. The Kier molecular flexibility index (Phi) is 12.1. The van der Waals surface area contributed by atoms with E-state index in [2.05, 4.69) is 115 Å². The molecule has 0 bridgehead atoms. The Morgan fingerprint density at radius 2 is 0.925 bits per heavy atom. The number of phenolic OH excluding ortho intramolecular Hbond substituents is 2. The fourth-order valence-corrected chi connectivity index (χ4v) is 4.31. The highest BCUT2D eigenvalue weighted by molar-refractivity contribution is 5.50. The van der Waals surface area contributed by atoms with E-state index in [4.69, 9.17) is 0 Å². The molecule has 0 aromatic heterocycles. The van der Waals surface area contributed by atoms with E-state index in [0.29, 0.717) is 17.4 Å². The SMILES string of the molecule is CC(C)(C)c1ccc(O)c(C(C)(C)C)c1.CCC(C)c1cc(C(C)(C)C)c(O)c(C(C)(C)C)c1.c1ccccc1. The summed E-state index contributed by atoms with van der Waals surface area (Å²) >= 11 is 0. The molecule has 0 aliphatic carbocycles. The molecule has 40 heavy (non-hydrogen) atoms. The van der Waals surface area contributed by atoms with Crippen molar-refractivity contribution in [1.82, 2.24) is 0 Å². The van der Waals surface area contributed by atoms with Gasteiger partial charge in [-0.1, -0.05) is 158 Å². The lowest BCUT2D eigenvalue weighted by Crippen LogP contribution is -2.18. The van der Waals surface area contributed by atoms with Crippen molar-refractivity contribution < 1.29 is 10.2 Å². The Bertz CT molecular complexity index is 1120. The highest BCUT2D eigenvalue weighted by Gasteiger charge is 2.27. The first kappa shape index (κ1) is 35.3. The summed E-state index contributed by atoms with van der Waals surface area (Å²) in [5.74, 6) is 1.41. The van der Waals surface area contributed by atoms with Gasteiger partial charge in [-0.05, 0) is 67.9 Å². The van der Waals surface area contributed by atoms with Crippen molar-refractivity contribution in [2.75, 3.05) is 0 Å². The summed E-state index contributed by atoms with van der Waals surface area (Å²) in [4.78, 5) is 0. The molecule has 0 heterocycles. The van der Waals surface area contributed by atoms with E-state index in [1.165, 1.54) is 11.1 Å². The molecule has 0 fully saturated rings. The Hall–Kier alpha value is -2.74. The first-order valence-electron chi connectivity index (χ1n) is 14.8. The first-order chi connectivity index (χ1) is 18.1. The van der Waals surface area contributed by atoms with Gasteiger partial charge in [-0.2, -0.15) is 0 Å². The van der Waals surface area contributed by atoms with Crippen LogP contribution in [-0.2, 0) is 21.7 Å². The monoisotopic (exact) mass is 546 g/mol. The zero-order chi connectivity index (χ0) is 31.1. The third kappa shape index (κ3) is 10.7. The third-order valence-corrected chi connectivity index (χ3v) is 7.27. The van der Waals surface area contributed by atoms with Crippen LogP contribution in [0, 0.1) is 0 Å². The molecule has 0 aliphatic rings. The average molecular weight is 547 g/mol. The number of hydrogen-bond acceptors (Lipinski definition) is 2. The summed E-state index contributed by atoms with van der Waals surface area (Å²) in [5, 5.41) is 20.5. The maximum atomic E-state index is 10.6. The Labute approximate surface area is 246 Å². The second-order valence-corrected chi connectivity index (χ2v) is 15.2. The topological polar surface area (TPSA) is 40.5 Å². The van der Waals surface area contributed by atoms with Crippen LogP contribution >= 0.6 is 0 Å². The molecular formula is C38H58O2. The van der Waals surface area contributed by atoms with Crippen molar-refractivity contribution in [2.45, 2.75) is 131 Å². The van der Waals surface area contributed by atoms with Crippen LogP contribution in [0.5, 0.6) is 11.5 Å². The zero-order valence-corrected chi connectivity index (χ0v) is 28.0. The maximum Gasteiger partial charge on any atom is 0.123 e. The van der Waals surface area contributed by atoms with Crippen molar-refractivity contribution in [3.63, 3.8) is 0 Å². The summed E-state index contributed by atoms with van der Waals surface area (Å²) in [5.41, 5.74) is 5.82. The molecule has 0 saturated carbocycles. The predicted octanol–water partition coefficient (Wildman–Crippen LogP) is 11.2. The molecular weight excluding hydrogens is 488 g/mol. The van der Waals surface area contributed by atoms with Gasteiger partial charge < -0.3 is 10.2 Å². The van der Waals surface area contributed by atoms with E-state index < -0.39 is 0 Å². The molecule has 222 valence electrons. The summed E-state index contributed by atoms with van der Waals surface area (Å²) in [6, 6.07) is 22.3. The van der Waals surface area contributed by atoms with Crippen LogP contribution in [0.2, 0.25) is 0 Å². The quantitative estimate of drug-likeness (QED) is 0.335. The Balaban J connectivity index is 0.000000336. The predicted molar refractivity (Wildman–Crippen MR) is 176 cm³/mol. The lowest BCUT2D eigenvalue weighted by atomic mass is 9.77. The van der Waals surface area contributed by atoms with E-state index in [1.54, 1.807) is 6.07 Å². The van der Waals surface area contributed by atoms with Gasteiger partial charge in [0, 0.05) is 0 Å². The highest BCUT2D eigenvalue weighted by Crippen LogP contribution is 2.41. The lowest BCUT2D eigenvalue weighted by Gasteiger charge is -2.29. The minimum absolute atomic E-state index is 0.00859. The smallest absolute Gasteiger partial charge is 0.123 e. The van der Waals surface area contributed by atoms with E-state index in [9.17, 15) is 10.2 Å². The van der Waals surface area contributed by atoms with Gasteiger partial charge in [0.15, 0.2) is 0 Å². The maximum absolute atomic E-state index is 10.6. The van der Waals surface area contributed by atoms with Gasteiger partial charge in [-0.3, -0.25) is 0 Å². The van der Waals surface area contributed by atoms with Crippen LogP contribution in [0.15, 0.2) is 66.7 Å². The Morgan fingerprint density at radius 3 is 1.23 bits per heavy atom. The minimum atomic E-state index is -0.0342. The van der Waals surface area contributed by atoms with Crippen LogP contribution in [0.4, 0.5) is 0 Å². The molecule has 0 saturated heterocycles. The van der Waals surface area contributed by atoms with Gasteiger partial charge in [0.25, 0.3) is 0 Å².